The predicted octanol–water partition coefficient (Wildman–Crippen LogP) is 0.305. The zero-order valence-corrected chi connectivity index (χ0v) is 12.3. The van der Waals surface area contributed by atoms with Gasteiger partial charge in [-0.1, -0.05) is 19.3 Å². The molecule has 0 spiro atoms. The normalized spacial score (nSPS) is 17.5. The van der Waals surface area contributed by atoms with Crippen LogP contribution in [0.2, 0.25) is 0 Å². The maximum Gasteiger partial charge on any atom is 0.222 e. The van der Waals surface area contributed by atoms with Crippen molar-refractivity contribution in [1.29, 1.82) is 0 Å². The lowest BCUT2D eigenvalue weighted by Gasteiger charge is -2.22. The molecule has 1 atom stereocenters. The van der Waals surface area contributed by atoms with E-state index in [0.29, 0.717) is 25.6 Å². The first-order valence-electron chi connectivity index (χ1n) is 7.44. The summed E-state index contributed by atoms with van der Waals surface area (Å²) in [5.41, 5.74) is 5.44. The lowest BCUT2D eigenvalue weighted by molar-refractivity contribution is -0.124. The van der Waals surface area contributed by atoms with Crippen molar-refractivity contribution in [3.63, 3.8) is 0 Å². The van der Waals surface area contributed by atoms with Gasteiger partial charge >= 0.3 is 0 Å². The summed E-state index contributed by atoms with van der Waals surface area (Å²) in [6.45, 7) is 0.671. The van der Waals surface area contributed by atoms with Gasteiger partial charge in [-0.3, -0.25) is 9.59 Å². The number of ether oxygens (including phenoxy) is 1. The van der Waals surface area contributed by atoms with E-state index in [1.54, 1.807) is 0 Å². The minimum atomic E-state index is -0.258. The molecule has 1 saturated carbocycles. The molecular weight excluding hydrogens is 258 g/mol. The highest BCUT2D eigenvalue weighted by atomic mass is 16.5. The number of nitrogens with one attached hydrogen (secondary N) is 2. The van der Waals surface area contributed by atoms with E-state index >= 15 is 0 Å². The number of hydrogen-bond acceptors (Lipinski definition) is 4. The van der Waals surface area contributed by atoms with Crippen LogP contribution < -0.4 is 16.4 Å². The first-order valence-corrected chi connectivity index (χ1v) is 7.44. The Labute approximate surface area is 120 Å². The molecule has 1 aliphatic carbocycles. The molecule has 2 amide bonds. The molecule has 1 rings (SSSR count). The summed E-state index contributed by atoms with van der Waals surface area (Å²) in [4.78, 5) is 23.3. The second kappa shape index (κ2) is 9.72. The molecule has 0 heterocycles. The molecule has 0 saturated heterocycles. The van der Waals surface area contributed by atoms with Crippen LogP contribution in [0.1, 0.15) is 44.9 Å². The standard InChI is InChI=1S/C14H27N3O3/c1-20-12(10-15)9-14(19)16-8-7-13(18)17-11-5-3-2-4-6-11/h11-12H,2-10,15H2,1H3,(H,16,19)(H,17,18). The Morgan fingerprint density at radius 1 is 1.25 bits per heavy atom. The van der Waals surface area contributed by atoms with Crippen molar-refractivity contribution in [1.82, 2.24) is 10.6 Å². The molecule has 6 nitrogen and oxygen atoms in total. The SMILES string of the molecule is COC(CN)CC(=O)NCCC(=O)NC1CCCCC1. The van der Waals surface area contributed by atoms with Crippen molar-refractivity contribution in [3.05, 3.63) is 0 Å². The van der Waals surface area contributed by atoms with Gasteiger partial charge < -0.3 is 21.1 Å². The minimum Gasteiger partial charge on any atom is -0.380 e. The van der Waals surface area contributed by atoms with Gasteiger partial charge in [0, 0.05) is 32.7 Å². The van der Waals surface area contributed by atoms with Crippen LogP contribution in [0.4, 0.5) is 0 Å². The van der Waals surface area contributed by atoms with Crippen molar-refractivity contribution < 1.29 is 14.3 Å². The third kappa shape index (κ3) is 6.86. The zero-order chi connectivity index (χ0) is 14.8. The van der Waals surface area contributed by atoms with Crippen molar-refractivity contribution in [2.45, 2.75) is 57.1 Å². The number of carbonyl (C=O) groups excluding carboxylic acids is 2. The van der Waals surface area contributed by atoms with Crippen molar-refractivity contribution in [2.75, 3.05) is 20.2 Å². The van der Waals surface area contributed by atoms with Crippen LogP contribution in [-0.4, -0.2) is 44.2 Å². The Balaban J connectivity index is 2.10. The van der Waals surface area contributed by atoms with Gasteiger partial charge in [-0.25, -0.2) is 0 Å². The summed E-state index contributed by atoms with van der Waals surface area (Å²) in [5, 5.41) is 5.74. The molecule has 0 aliphatic heterocycles. The summed E-state index contributed by atoms with van der Waals surface area (Å²) in [7, 11) is 1.53. The number of methoxy groups -OCH3 is 1. The summed E-state index contributed by atoms with van der Waals surface area (Å²) in [6.07, 6.45) is 6.10. The minimum absolute atomic E-state index is 0.0133. The van der Waals surface area contributed by atoms with E-state index in [2.05, 4.69) is 10.6 Å². The molecule has 4 N–H and O–H groups in total. The van der Waals surface area contributed by atoms with Crippen LogP contribution in [0.25, 0.3) is 0 Å². The summed E-state index contributed by atoms with van der Waals surface area (Å²) in [6, 6.07) is 0.321. The number of nitrogens with two attached hydrogens (primary N) is 1. The lowest BCUT2D eigenvalue weighted by Crippen LogP contribution is -2.38. The van der Waals surface area contributed by atoms with Gasteiger partial charge in [0.25, 0.3) is 0 Å². The average molecular weight is 285 g/mol. The molecule has 6 heteroatoms. The van der Waals surface area contributed by atoms with Gasteiger partial charge in [0.2, 0.25) is 11.8 Å². The quantitative estimate of drug-likeness (QED) is 0.598. The lowest BCUT2D eigenvalue weighted by atomic mass is 9.95. The first-order chi connectivity index (χ1) is 9.65. The number of amides is 2. The smallest absolute Gasteiger partial charge is 0.222 e. The molecule has 116 valence electrons. The van der Waals surface area contributed by atoms with E-state index in [9.17, 15) is 9.59 Å². The fourth-order valence-electron chi connectivity index (χ4n) is 2.40. The van der Waals surface area contributed by atoms with E-state index in [1.165, 1.54) is 26.4 Å². The highest BCUT2D eigenvalue weighted by Crippen LogP contribution is 2.17. The Bertz CT molecular complexity index is 300. The maximum absolute atomic E-state index is 11.7. The van der Waals surface area contributed by atoms with E-state index in [4.69, 9.17) is 10.5 Å². The third-order valence-corrected chi connectivity index (χ3v) is 3.65. The Kier molecular flexibility index (Phi) is 8.22. The van der Waals surface area contributed by atoms with Crippen LogP contribution in [0.15, 0.2) is 0 Å². The van der Waals surface area contributed by atoms with Crippen LogP contribution in [0.3, 0.4) is 0 Å². The third-order valence-electron chi connectivity index (χ3n) is 3.65. The number of hydrogen-bond donors (Lipinski definition) is 3. The fraction of sp³-hybridized carbons (Fsp3) is 0.857. The predicted molar refractivity (Wildman–Crippen MR) is 77.1 cm³/mol. The highest BCUT2D eigenvalue weighted by molar-refractivity contribution is 5.79. The molecule has 0 radical (unpaired) electrons. The first kappa shape index (κ1) is 16.9. The average Bonchev–Trinajstić information content (AvgIpc) is 2.45. The monoisotopic (exact) mass is 285 g/mol. The number of carbonyl (C=O) groups is 2. The second-order valence-electron chi connectivity index (χ2n) is 5.30. The molecule has 0 bridgehead atoms. The number of rotatable bonds is 8. The summed E-state index contributed by atoms with van der Waals surface area (Å²) >= 11 is 0. The molecule has 0 aromatic rings. The largest absolute Gasteiger partial charge is 0.380 e. The van der Waals surface area contributed by atoms with E-state index in [0.717, 1.165) is 12.8 Å². The molecule has 1 aliphatic rings. The van der Waals surface area contributed by atoms with Crippen LogP contribution in [0, 0.1) is 0 Å². The molecule has 20 heavy (non-hydrogen) atoms. The molecule has 1 fully saturated rings. The van der Waals surface area contributed by atoms with Crippen molar-refractivity contribution >= 4 is 11.8 Å². The van der Waals surface area contributed by atoms with E-state index in [-0.39, 0.29) is 24.3 Å². The van der Waals surface area contributed by atoms with Gasteiger partial charge in [0.05, 0.1) is 12.5 Å². The maximum atomic E-state index is 11.7. The van der Waals surface area contributed by atoms with E-state index < -0.39 is 0 Å². The van der Waals surface area contributed by atoms with Gasteiger partial charge in [0.1, 0.15) is 0 Å². The summed E-state index contributed by atoms with van der Waals surface area (Å²) < 4.78 is 5.03. The molecule has 0 aromatic heterocycles. The van der Waals surface area contributed by atoms with Crippen molar-refractivity contribution in [2.24, 2.45) is 5.73 Å². The van der Waals surface area contributed by atoms with Crippen LogP contribution in [-0.2, 0) is 14.3 Å². The van der Waals surface area contributed by atoms with Crippen LogP contribution >= 0.6 is 0 Å². The van der Waals surface area contributed by atoms with Crippen LogP contribution in [0.5, 0.6) is 0 Å². The molecule has 0 aromatic carbocycles. The van der Waals surface area contributed by atoms with Gasteiger partial charge in [-0.2, -0.15) is 0 Å². The molecular formula is C14H27N3O3. The fourth-order valence-corrected chi connectivity index (χ4v) is 2.40. The van der Waals surface area contributed by atoms with E-state index in [1.807, 2.05) is 0 Å². The molecule has 1 unspecified atom stereocenters. The van der Waals surface area contributed by atoms with Gasteiger partial charge in [0.15, 0.2) is 0 Å². The Hall–Kier alpha value is -1.14. The zero-order valence-electron chi connectivity index (χ0n) is 12.3. The topological polar surface area (TPSA) is 93.4 Å². The summed E-state index contributed by atoms with van der Waals surface area (Å²) in [5.74, 6) is -0.118. The Morgan fingerprint density at radius 3 is 2.55 bits per heavy atom. The van der Waals surface area contributed by atoms with Gasteiger partial charge in [-0.15, -0.1) is 0 Å². The van der Waals surface area contributed by atoms with Gasteiger partial charge in [-0.05, 0) is 12.8 Å². The van der Waals surface area contributed by atoms with Crippen molar-refractivity contribution in [3.8, 4) is 0 Å². The highest BCUT2D eigenvalue weighted by Gasteiger charge is 2.16. The second-order valence-corrected chi connectivity index (χ2v) is 5.30. The Morgan fingerprint density at radius 2 is 1.95 bits per heavy atom.